The Bertz CT molecular complexity index is 676. The van der Waals surface area contributed by atoms with Gasteiger partial charge in [0.2, 0.25) is 0 Å². The molecule has 1 N–H and O–H groups in total. The zero-order valence-corrected chi connectivity index (χ0v) is 12.0. The number of halogens is 4. The molecular formula is C15H13F4NO3. The first kappa shape index (κ1) is 17.0. The molecule has 8 heteroatoms. The van der Waals surface area contributed by atoms with Crippen LogP contribution < -0.4 is 9.47 Å². The average molecular weight is 331 g/mol. The maximum absolute atomic E-state index is 13.7. The fourth-order valence-corrected chi connectivity index (χ4v) is 1.62. The van der Waals surface area contributed by atoms with Crippen LogP contribution in [0.1, 0.15) is 18.9 Å². The van der Waals surface area contributed by atoms with Crippen molar-refractivity contribution in [1.29, 1.82) is 0 Å². The van der Waals surface area contributed by atoms with Gasteiger partial charge in [-0.05, 0) is 18.2 Å². The van der Waals surface area contributed by atoms with Gasteiger partial charge in [-0.2, -0.15) is 13.2 Å². The van der Waals surface area contributed by atoms with Crippen LogP contribution in [0.5, 0.6) is 17.4 Å². The molecule has 1 atom stereocenters. The molecule has 0 aliphatic carbocycles. The topological polar surface area (TPSA) is 51.6 Å². The molecule has 0 aliphatic rings. The van der Waals surface area contributed by atoms with E-state index in [1.807, 2.05) is 0 Å². The number of rotatable bonds is 5. The van der Waals surface area contributed by atoms with Crippen LogP contribution in [0.25, 0.3) is 0 Å². The van der Waals surface area contributed by atoms with Crippen molar-refractivity contribution in [2.45, 2.75) is 25.8 Å². The standard InChI is InChI=1S/C15H13F4NO3/c1-2-13(21)22-11-5-3-4-6-12(11)23-14-10(16)7-9(8-20-14)15(17,18)19/h3-8,13,21H,2H2,1H3. The number of para-hydroxylation sites is 2. The molecule has 0 spiro atoms. The van der Waals surface area contributed by atoms with Crippen LogP contribution in [0, 0.1) is 5.82 Å². The van der Waals surface area contributed by atoms with Crippen molar-refractivity contribution < 1.29 is 32.1 Å². The molecule has 0 saturated carbocycles. The Balaban J connectivity index is 2.26. The second kappa shape index (κ2) is 6.82. The van der Waals surface area contributed by atoms with E-state index in [2.05, 4.69) is 4.98 Å². The lowest BCUT2D eigenvalue weighted by Crippen LogP contribution is -2.14. The number of nitrogens with zero attached hydrogens (tertiary/aromatic N) is 1. The Morgan fingerprint density at radius 1 is 1.22 bits per heavy atom. The van der Waals surface area contributed by atoms with Gasteiger partial charge in [-0.3, -0.25) is 0 Å². The van der Waals surface area contributed by atoms with E-state index in [1.54, 1.807) is 19.1 Å². The van der Waals surface area contributed by atoms with Crippen LogP contribution in [0.4, 0.5) is 17.6 Å². The number of pyridine rings is 1. The van der Waals surface area contributed by atoms with Gasteiger partial charge < -0.3 is 14.6 Å². The van der Waals surface area contributed by atoms with E-state index in [1.165, 1.54) is 12.1 Å². The summed E-state index contributed by atoms with van der Waals surface area (Å²) in [6.45, 7) is 1.69. The minimum atomic E-state index is -4.70. The summed E-state index contributed by atoms with van der Waals surface area (Å²) < 4.78 is 61.5. The molecule has 0 fully saturated rings. The van der Waals surface area contributed by atoms with Gasteiger partial charge in [-0.25, -0.2) is 9.37 Å². The van der Waals surface area contributed by atoms with Gasteiger partial charge in [0, 0.05) is 12.6 Å². The van der Waals surface area contributed by atoms with Crippen molar-refractivity contribution in [3.63, 3.8) is 0 Å². The highest BCUT2D eigenvalue weighted by Crippen LogP contribution is 2.34. The third-order valence-electron chi connectivity index (χ3n) is 2.80. The molecule has 2 aromatic rings. The summed E-state index contributed by atoms with van der Waals surface area (Å²) in [7, 11) is 0. The van der Waals surface area contributed by atoms with Gasteiger partial charge in [0.15, 0.2) is 23.6 Å². The summed E-state index contributed by atoms with van der Waals surface area (Å²) >= 11 is 0. The van der Waals surface area contributed by atoms with Crippen molar-refractivity contribution in [3.05, 3.63) is 47.9 Å². The summed E-state index contributed by atoms with van der Waals surface area (Å²) in [5.74, 6) is -1.75. The third kappa shape index (κ3) is 4.32. The van der Waals surface area contributed by atoms with Gasteiger partial charge in [-0.1, -0.05) is 19.1 Å². The van der Waals surface area contributed by atoms with Crippen LogP contribution >= 0.6 is 0 Å². The number of ether oxygens (including phenoxy) is 2. The molecule has 0 amide bonds. The van der Waals surface area contributed by atoms with Gasteiger partial charge in [0.1, 0.15) is 0 Å². The summed E-state index contributed by atoms with van der Waals surface area (Å²) in [6.07, 6.45) is -5.01. The lowest BCUT2D eigenvalue weighted by molar-refractivity contribution is -0.138. The predicted octanol–water partition coefficient (Wildman–Crippen LogP) is 4.14. The van der Waals surface area contributed by atoms with Crippen molar-refractivity contribution >= 4 is 0 Å². The molecule has 1 heterocycles. The average Bonchev–Trinajstić information content (AvgIpc) is 2.50. The second-order valence-electron chi connectivity index (χ2n) is 4.54. The normalized spacial score (nSPS) is 12.8. The maximum atomic E-state index is 13.7. The van der Waals surface area contributed by atoms with E-state index in [0.717, 1.165) is 0 Å². The SMILES string of the molecule is CCC(O)Oc1ccccc1Oc1ncc(C(F)(F)F)cc1F. The fraction of sp³-hybridized carbons (Fsp3) is 0.267. The predicted molar refractivity (Wildman–Crippen MR) is 72.6 cm³/mol. The summed E-state index contributed by atoms with van der Waals surface area (Å²) in [4.78, 5) is 3.35. The van der Waals surface area contributed by atoms with E-state index >= 15 is 0 Å². The van der Waals surface area contributed by atoms with Crippen molar-refractivity contribution in [2.75, 3.05) is 0 Å². The highest BCUT2D eigenvalue weighted by atomic mass is 19.4. The first-order valence-electron chi connectivity index (χ1n) is 6.65. The molecule has 0 radical (unpaired) electrons. The monoisotopic (exact) mass is 331 g/mol. The van der Waals surface area contributed by atoms with Crippen molar-refractivity contribution in [2.24, 2.45) is 0 Å². The summed E-state index contributed by atoms with van der Waals surface area (Å²) in [5.41, 5.74) is -1.21. The number of aromatic nitrogens is 1. The van der Waals surface area contributed by atoms with E-state index < -0.39 is 29.7 Å². The van der Waals surface area contributed by atoms with E-state index in [0.29, 0.717) is 18.7 Å². The molecule has 0 bridgehead atoms. The van der Waals surface area contributed by atoms with E-state index in [-0.39, 0.29) is 11.5 Å². The van der Waals surface area contributed by atoms with E-state index in [4.69, 9.17) is 9.47 Å². The Morgan fingerprint density at radius 2 is 1.87 bits per heavy atom. The molecule has 2 rings (SSSR count). The zero-order chi connectivity index (χ0) is 17.0. The lowest BCUT2D eigenvalue weighted by atomic mass is 10.2. The van der Waals surface area contributed by atoms with E-state index in [9.17, 15) is 22.7 Å². The van der Waals surface area contributed by atoms with Gasteiger partial charge in [0.25, 0.3) is 5.88 Å². The lowest BCUT2D eigenvalue weighted by Gasteiger charge is -2.15. The van der Waals surface area contributed by atoms with Gasteiger partial charge in [0.05, 0.1) is 5.56 Å². The molecule has 1 unspecified atom stereocenters. The number of hydrogen-bond donors (Lipinski definition) is 1. The summed E-state index contributed by atoms with van der Waals surface area (Å²) in [6, 6.07) is 6.34. The Labute approximate surface area is 129 Å². The number of aliphatic hydroxyl groups is 1. The van der Waals surface area contributed by atoms with Crippen molar-refractivity contribution in [1.82, 2.24) is 4.98 Å². The fourth-order valence-electron chi connectivity index (χ4n) is 1.62. The minimum absolute atomic E-state index is 0.0196. The number of aliphatic hydroxyl groups excluding tert-OH is 1. The molecule has 0 aliphatic heterocycles. The molecule has 1 aromatic heterocycles. The molecular weight excluding hydrogens is 318 g/mol. The molecule has 124 valence electrons. The number of benzene rings is 1. The Kier molecular flexibility index (Phi) is 5.05. The smallest absolute Gasteiger partial charge is 0.417 e. The quantitative estimate of drug-likeness (QED) is 0.661. The van der Waals surface area contributed by atoms with Crippen LogP contribution in [-0.4, -0.2) is 16.4 Å². The molecule has 4 nitrogen and oxygen atoms in total. The highest BCUT2D eigenvalue weighted by Gasteiger charge is 2.32. The van der Waals surface area contributed by atoms with Gasteiger partial charge >= 0.3 is 6.18 Å². The number of alkyl halides is 3. The van der Waals surface area contributed by atoms with Gasteiger partial charge in [-0.15, -0.1) is 0 Å². The van der Waals surface area contributed by atoms with Crippen LogP contribution in [-0.2, 0) is 6.18 Å². The second-order valence-corrected chi connectivity index (χ2v) is 4.54. The maximum Gasteiger partial charge on any atom is 0.417 e. The van der Waals surface area contributed by atoms with Crippen LogP contribution in [0.2, 0.25) is 0 Å². The van der Waals surface area contributed by atoms with Crippen LogP contribution in [0.3, 0.4) is 0 Å². The molecule has 1 aromatic carbocycles. The highest BCUT2D eigenvalue weighted by molar-refractivity contribution is 5.42. The molecule has 23 heavy (non-hydrogen) atoms. The van der Waals surface area contributed by atoms with Crippen molar-refractivity contribution in [3.8, 4) is 17.4 Å². The summed E-state index contributed by atoms with van der Waals surface area (Å²) in [5, 5.41) is 9.49. The van der Waals surface area contributed by atoms with Crippen LogP contribution in [0.15, 0.2) is 36.5 Å². The Hall–Kier alpha value is -2.35. The minimum Gasteiger partial charge on any atom is -0.461 e. The zero-order valence-electron chi connectivity index (χ0n) is 12.0. The Morgan fingerprint density at radius 3 is 2.43 bits per heavy atom. The first-order chi connectivity index (χ1) is 10.8. The molecule has 0 saturated heterocycles. The number of hydrogen-bond acceptors (Lipinski definition) is 4. The third-order valence-corrected chi connectivity index (χ3v) is 2.80. The first-order valence-corrected chi connectivity index (χ1v) is 6.65. The largest absolute Gasteiger partial charge is 0.461 e.